The molecule has 3 nitrogen and oxygen atoms in total. The molecule has 1 aliphatic heterocycles. The third-order valence-electron chi connectivity index (χ3n) is 2.37. The second kappa shape index (κ2) is 5.81. The van der Waals surface area contributed by atoms with Gasteiger partial charge < -0.3 is 9.47 Å². The number of ether oxygens (including phenoxy) is 2. The minimum absolute atomic E-state index is 0.190. The van der Waals surface area contributed by atoms with E-state index in [0.29, 0.717) is 11.9 Å². The summed E-state index contributed by atoms with van der Waals surface area (Å²) in [6.45, 7) is 5.63. The summed E-state index contributed by atoms with van der Waals surface area (Å²) in [5.74, 6) is 0.580. The van der Waals surface area contributed by atoms with Crippen molar-refractivity contribution in [2.45, 2.75) is 19.1 Å². The van der Waals surface area contributed by atoms with Gasteiger partial charge >= 0.3 is 0 Å². The highest BCUT2D eigenvalue weighted by molar-refractivity contribution is 6.18. The lowest BCUT2D eigenvalue weighted by Gasteiger charge is -2.35. The molecule has 1 saturated heterocycles. The van der Waals surface area contributed by atoms with Crippen LogP contribution in [-0.2, 0) is 9.47 Å². The molecule has 0 aliphatic carbocycles. The normalized spacial score (nSPS) is 27.5. The lowest BCUT2D eigenvalue weighted by atomic mass is 10.2. The number of halogens is 1. The molecule has 0 spiro atoms. The molecule has 0 aromatic carbocycles. The molecule has 0 aromatic heterocycles. The molecular weight excluding hydrogens is 190 g/mol. The number of nitrogens with zero attached hydrogens (tertiary/aromatic N) is 1. The van der Waals surface area contributed by atoms with Gasteiger partial charge in [-0.3, -0.25) is 4.90 Å². The van der Waals surface area contributed by atoms with Crippen molar-refractivity contribution in [3.05, 3.63) is 0 Å². The van der Waals surface area contributed by atoms with Crippen LogP contribution in [0.4, 0.5) is 0 Å². The maximum absolute atomic E-state index is 5.74. The van der Waals surface area contributed by atoms with E-state index < -0.39 is 0 Å². The minimum atomic E-state index is 0.190. The van der Waals surface area contributed by atoms with Crippen LogP contribution in [0, 0.1) is 0 Å². The molecule has 1 aliphatic rings. The molecule has 1 rings (SSSR count). The third-order valence-corrected chi connectivity index (χ3v) is 2.72. The Hall–Kier alpha value is 0.170. The summed E-state index contributed by atoms with van der Waals surface area (Å²) in [5, 5.41) is 0. The van der Waals surface area contributed by atoms with Crippen LogP contribution in [0.2, 0.25) is 0 Å². The van der Waals surface area contributed by atoms with Crippen LogP contribution in [0.1, 0.15) is 6.92 Å². The molecule has 1 heterocycles. The summed E-state index contributed by atoms with van der Waals surface area (Å²) in [6.07, 6.45) is 0.190. The summed E-state index contributed by atoms with van der Waals surface area (Å²) in [7, 11) is 1.73. The van der Waals surface area contributed by atoms with E-state index in [9.17, 15) is 0 Å². The Morgan fingerprint density at radius 2 is 2.46 bits per heavy atom. The summed E-state index contributed by atoms with van der Waals surface area (Å²) in [4.78, 5) is 2.36. The number of methoxy groups -OCH3 is 1. The molecule has 0 saturated carbocycles. The molecule has 4 heteroatoms. The first-order chi connectivity index (χ1) is 6.27. The highest BCUT2D eigenvalue weighted by Gasteiger charge is 2.23. The van der Waals surface area contributed by atoms with Crippen LogP contribution < -0.4 is 0 Å². The highest BCUT2D eigenvalue weighted by atomic mass is 35.5. The van der Waals surface area contributed by atoms with Gasteiger partial charge in [-0.15, -0.1) is 11.6 Å². The van der Waals surface area contributed by atoms with Gasteiger partial charge in [0.25, 0.3) is 0 Å². The Balaban J connectivity index is 2.32. The zero-order valence-corrected chi connectivity index (χ0v) is 9.09. The number of rotatable bonds is 4. The van der Waals surface area contributed by atoms with Gasteiger partial charge in [0.15, 0.2) is 0 Å². The predicted molar refractivity (Wildman–Crippen MR) is 53.4 cm³/mol. The molecular formula is C9H18ClNO2. The van der Waals surface area contributed by atoms with Crippen molar-refractivity contribution < 1.29 is 9.47 Å². The number of alkyl halides is 1. The van der Waals surface area contributed by atoms with Gasteiger partial charge in [0.2, 0.25) is 0 Å². The number of morpholine rings is 1. The Labute approximate surface area is 84.9 Å². The van der Waals surface area contributed by atoms with Gasteiger partial charge in [-0.1, -0.05) is 0 Å². The lowest BCUT2D eigenvalue weighted by molar-refractivity contribution is -0.0404. The van der Waals surface area contributed by atoms with Crippen LogP contribution in [0.5, 0.6) is 0 Å². The number of hydrogen-bond donors (Lipinski definition) is 0. The topological polar surface area (TPSA) is 21.7 Å². The smallest absolute Gasteiger partial charge is 0.0837 e. The van der Waals surface area contributed by atoms with Crippen LogP contribution in [0.15, 0.2) is 0 Å². The van der Waals surface area contributed by atoms with Gasteiger partial charge in [-0.05, 0) is 6.92 Å². The van der Waals surface area contributed by atoms with Gasteiger partial charge in [-0.2, -0.15) is 0 Å². The van der Waals surface area contributed by atoms with E-state index in [4.69, 9.17) is 21.1 Å². The Morgan fingerprint density at radius 3 is 3.08 bits per heavy atom. The van der Waals surface area contributed by atoms with Crippen LogP contribution in [0.25, 0.3) is 0 Å². The van der Waals surface area contributed by atoms with E-state index >= 15 is 0 Å². The maximum atomic E-state index is 5.74. The lowest BCUT2D eigenvalue weighted by Crippen LogP contribution is -2.48. The summed E-state index contributed by atoms with van der Waals surface area (Å²) in [5.41, 5.74) is 0. The fraction of sp³-hybridized carbons (Fsp3) is 1.00. The van der Waals surface area contributed by atoms with Crippen molar-refractivity contribution in [2.24, 2.45) is 0 Å². The summed E-state index contributed by atoms with van der Waals surface area (Å²) < 4.78 is 10.6. The summed E-state index contributed by atoms with van der Waals surface area (Å²) in [6, 6.07) is 0.458. The van der Waals surface area contributed by atoms with Crippen molar-refractivity contribution in [3.63, 3.8) is 0 Å². The van der Waals surface area contributed by atoms with Crippen molar-refractivity contribution in [1.29, 1.82) is 0 Å². The highest BCUT2D eigenvalue weighted by Crippen LogP contribution is 2.10. The average Bonchev–Trinajstić information content (AvgIpc) is 2.18. The predicted octanol–water partition coefficient (Wildman–Crippen LogP) is 0.961. The largest absolute Gasteiger partial charge is 0.383 e. The molecule has 13 heavy (non-hydrogen) atoms. The zero-order valence-electron chi connectivity index (χ0n) is 8.33. The standard InChI is InChI=1S/C9H18ClNO2/c1-8(7-12-2)11-3-4-13-9(5-10)6-11/h8-9H,3-7H2,1-2H3. The second-order valence-electron chi connectivity index (χ2n) is 3.45. The van der Waals surface area contributed by atoms with Crippen LogP contribution >= 0.6 is 11.6 Å². The molecule has 0 amide bonds. The van der Waals surface area contributed by atoms with E-state index in [1.54, 1.807) is 7.11 Å². The van der Waals surface area contributed by atoms with E-state index in [2.05, 4.69) is 11.8 Å². The summed E-state index contributed by atoms with van der Waals surface area (Å²) >= 11 is 5.74. The SMILES string of the molecule is COCC(C)N1CCOC(CCl)C1. The maximum Gasteiger partial charge on any atom is 0.0837 e. The Morgan fingerprint density at radius 1 is 1.69 bits per heavy atom. The molecule has 0 bridgehead atoms. The van der Waals surface area contributed by atoms with E-state index in [0.717, 1.165) is 26.3 Å². The van der Waals surface area contributed by atoms with Gasteiger partial charge in [0, 0.05) is 32.1 Å². The first kappa shape index (κ1) is 11.2. The monoisotopic (exact) mass is 207 g/mol. The third kappa shape index (κ3) is 3.43. The fourth-order valence-corrected chi connectivity index (χ4v) is 1.77. The first-order valence-corrected chi connectivity index (χ1v) is 5.22. The quantitative estimate of drug-likeness (QED) is 0.642. The van der Waals surface area contributed by atoms with Crippen molar-refractivity contribution in [2.75, 3.05) is 39.3 Å². The molecule has 0 aromatic rings. The fourth-order valence-electron chi connectivity index (χ4n) is 1.58. The molecule has 0 radical (unpaired) electrons. The first-order valence-electron chi connectivity index (χ1n) is 4.68. The van der Waals surface area contributed by atoms with Crippen molar-refractivity contribution >= 4 is 11.6 Å². The Kier molecular flexibility index (Phi) is 5.02. The second-order valence-corrected chi connectivity index (χ2v) is 3.76. The molecule has 2 unspecified atom stereocenters. The van der Waals surface area contributed by atoms with Crippen molar-refractivity contribution in [3.8, 4) is 0 Å². The molecule has 1 fully saturated rings. The average molecular weight is 208 g/mol. The van der Waals surface area contributed by atoms with Crippen LogP contribution in [-0.4, -0.2) is 56.3 Å². The van der Waals surface area contributed by atoms with Gasteiger partial charge in [-0.25, -0.2) is 0 Å². The van der Waals surface area contributed by atoms with Crippen molar-refractivity contribution in [1.82, 2.24) is 4.90 Å². The minimum Gasteiger partial charge on any atom is -0.383 e. The van der Waals surface area contributed by atoms with E-state index in [1.165, 1.54) is 0 Å². The van der Waals surface area contributed by atoms with Crippen LogP contribution in [0.3, 0.4) is 0 Å². The molecule has 2 atom stereocenters. The van der Waals surface area contributed by atoms with E-state index in [-0.39, 0.29) is 6.10 Å². The Bertz CT molecular complexity index is 146. The number of hydrogen-bond acceptors (Lipinski definition) is 3. The molecule has 78 valence electrons. The zero-order chi connectivity index (χ0) is 9.68. The van der Waals surface area contributed by atoms with Gasteiger partial charge in [0.1, 0.15) is 0 Å². The van der Waals surface area contributed by atoms with Gasteiger partial charge in [0.05, 0.1) is 19.3 Å². The molecule has 0 N–H and O–H groups in total. The van der Waals surface area contributed by atoms with E-state index in [1.807, 2.05) is 0 Å².